The third-order valence-corrected chi connectivity index (χ3v) is 2.90. The van der Waals surface area contributed by atoms with Gasteiger partial charge >= 0.3 is 11.8 Å². The number of amides is 2. The summed E-state index contributed by atoms with van der Waals surface area (Å²) in [6.45, 7) is 2.09. The SMILES string of the molecule is Cc1ccc(NC(=O)C(=O)NCc2ccccc2)c(O)c1. The van der Waals surface area contributed by atoms with E-state index in [2.05, 4.69) is 10.6 Å². The number of carbonyl (C=O) groups excluding carboxylic acids is 2. The van der Waals surface area contributed by atoms with Crippen molar-refractivity contribution in [3.05, 3.63) is 59.7 Å². The molecule has 3 N–H and O–H groups in total. The first-order valence-corrected chi connectivity index (χ1v) is 6.49. The Morgan fingerprint density at radius 1 is 1.05 bits per heavy atom. The van der Waals surface area contributed by atoms with E-state index in [4.69, 9.17) is 0 Å². The van der Waals surface area contributed by atoms with Crippen molar-refractivity contribution >= 4 is 17.5 Å². The number of phenols is 1. The maximum absolute atomic E-state index is 11.7. The standard InChI is InChI=1S/C16H16N2O3/c1-11-7-8-13(14(19)9-11)18-16(21)15(20)17-10-12-5-3-2-4-6-12/h2-9,19H,10H2,1H3,(H,17,20)(H,18,21). The maximum Gasteiger partial charge on any atom is 0.313 e. The predicted molar refractivity (Wildman–Crippen MR) is 79.8 cm³/mol. The van der Waals surface area contributed by atoms with Gasteiger partial charge in [-0.3, -0.25) is 9.59 Å². The number of rotatable bonds is 3. The van der Waals surface area contributed by atoms with Crippen LogP contribution in [0, 0.1) is 6.92 Å². The summed E-state index contributed by atoms with van der Waals surface area (Å²) in [5, 5.41) is 14.6. The number of aromatic hydroxyl groups is 1. The van der Waals surface area contributed by atoms with Crippen LogP contribution in [-0.4, -0.2) is 16.9 Å². The summed E-state index contributed by atoms with van der Waals surface area (Å²) in [7, 11) is 0. The van der Waals surface area contributed by atoms with Crippen molar-refractivity contribution in [1.29, 1.82) is 0 Å². The molecule has 0 radical (unpaired) electrons. The van der Waals surface area contributed by atoms with Crippen LogP contribution in [0.15, 0.2) is 48.5 Å². The van der Waals surface area contributed by atoms with Gasteiger partial charge in [0.2, 0.25) is 0 Å². The molecule has 0 unspecified atom stereocenters. The van der Waals surface area contributed by atoms with Gasteiger partial charge < -0.3 is 15.7 Å². The maximum atomic E-state index is 11.7. The van der Waals surface area contributed by atoms with E-state index in [0.717, 1.165) is 11.1 Å². The summed E-state index contributed by atoms with van der Waals surface area (Å²) in [6.07, 6.45) is 0. The van der Waals surface area contributed by atoms with Crippen molar-refractivity contribution in [2.45, 2.75) is 13.5 Å². The number of anilines is 1. The van der Waals surface area contributed by atoms with Crippen LogP contribution in [0.25, 0.3) is 0 Å². The lowest BCUT2D eigenvalue weighted by molar-refractivity contribution is -0.136. The Kier molecular flexibility index (Phi) is 4.56. The van der Waals surface area contributed by atoms with E-state index in [1.54, 1.807) is 12.1 Å². The molecular formula is C16H16N2O3. The molecule has 0 saturated heterocycles. The summed E-state index contributed by atoms with van der Waals surface area (Å²) in [5.74, 6) is -1.64. The fourth-order valence-corrected chi connectivity index (χ4v) is 1.78. The van der Waals surface area contributed by atoms with Crippen LogP contribution in [0.5, 0.6) is 5.75 Å². The summed E-state index contributed by atoms with van der Waals surface area (Å²) in [4.78, 5) is 23.4. The average Bonchev–Trinajstić information content (AvgIpc) is 2.48. The predicted octanol–water partition coefficient (Wildman–Crippen LogP) is 1.96. The minimum Gasteiger partial charge on any atom is -0.506 e. The number of carbonyl (C=O) groups is 2. The molecule has 2 amide bonds. The second-order valence-electron chi connectivity index (χ2n) is 4.64. The second-order valence-corrected chi connectivity index (χ2v) is 4.64. The van der Waals surface area contributed by atoms with Gasteiger partial charge in [-0.25, -0.2) is 0 Å². The Bertz CT molecular complexity index is 654. The lowest BCUT2D eigenvalue weighted by Crippen LogP contribution is -2.34. The average molecular weight is 284 g/mol. The van der Waals surface area contributed by atoms with E-state index in [0.29, 0.717) is 0 Å². The van der Waals surface area contributed by atoms with E-state index in [1.807, 2.05) is 37.3 Å². The molecule has 0 bridgehead atoms. The molecule has 2 aromatic rings. The van der Waals surface area contributed by atoms with Gasteiger partial charge in [0.05, 0.1) is 5.69 Å². The molecule has 0 aliphatic carbocycles. The number of hydrogen-bond donors (Lipinski definition) is 3. The molecule has 108 valence electrons. The van der Waals surface area contributed by atoms with Crippen LogP contribution in [0.3, 0.4) is 0 Å². The molecule has 0 fully saturated rings. The quantitative estimate of drug-likeness (QED) is 0.595. The highest BCUT2D eigenvalue weighted by molar-refractivity contribution is 6.39. The van der Waals surface area contributed by atoms with Gasteiger partial charge in [-0.2, -0.15) is 0 Å². The summed E-state index contributed by atoms with van der Waals surface area (Å²) < 4.78 is 0. The van der Waals surface area contributed by atoms with Crippen LogP contribution in [0.2, 0.25) is 0 Å². The van der Waals surface area contributed by atoms with E-state index >= 15 is 0 Å². The highest BCUT2D eigenvalue weighted by atomic mass is 16.3. The van der Waals surface area contributed by atoms with E-state index in [9.17, 15) is 14.7 Å². The van der Waals surface area contributed by atoms with Crippen molar-refractivity contribution < 1.29 is 14.7 Å². The molecule has 2 rings (SSSR count). The van der Waals surface area contributed by atoms with Crippen LogP contribution in [-0.2, 0) is 16.1 Å². The number of benzene rings is 2. The van der Waals surface area contributed by atoms with E-state index < -0.39 is 11.8 Å². The smallest absolute Gasteiger partial charge is 0.313 e. The van der Waals surface area contributed by atoms with Crippen molar-refractivity contribution in [2.24, 2.45) is 0 Å². The first-order valence-electron chi connectivity index (χ1n) is 6.49. The second kappa shape index (κ2) is 6.56. The molecule has 2 aromatic carbocycles. The molecule has 0 atom stereocenters. The molecule has 0 aliphatic heterocycles. The Morgan fingerprint density at radius 2 is 1.76 bits per heavy atom. The Labute approximate surface area is 122 Å². The number of aryl methyl sites for hydroxylation is 1. The molecule has 5 heteroatoms. The highest BCUT2D eigenvalue weighted by Crippen LogP contribution is 2.23. The van der Waals surface area contributed by atoms with Crippen molar-refractivity contribution in [1.82, 2.24) is 5.32 Å². The van der Waals surface area contributed by atoms with Gasteiger partial charge in [0.15, 0.2) is 0 Å². The van der Waals surface area contributed by atoms with Crippen LogP contribution < -0.4 is 10.6 Å². The third kappa shape index (κ3) is 4.07. The van der Waals surface area contributed by atoms with E-state index in [1.165, 1.54) is 6.07 Å². The molecule has 21 heavy (non-hydrogen) atoms. The third-order valence-electron chi connectivity index (χ3n) is 2.90. The summed E-state index contributed by atoms with van der Waals surface area (Å²) in [6, 6.07) is 14.1. The number of phenolic OH excluding ortho intramolecular Hbond substituents is 1. The first kappa shape index (κ1) is 14.6. The molecule has 0 aliphatic rings. The lowest BCUT2D eigenvalue weighted by atomic mass is 10.2. The zero-order valence-corrected chi connectivity index (χ0v) is 11.6. The van der Waals surface area contributed by atoms with Gasteiger partial charge in [-0.05, 0) is 30.2 Å². The molecule has 0 saturated carbocycles. The molecular weight excluding hydrogens is 268 g/mol. The monoisotopic (exact) mass is 284 g/mol. The van der Waals surface area contributed by atoms with Gasteiger partial charge in [-0.15, -0.1) is 0 Å². The van der Waals surface area contributed by atoms with E-state index in [-0.39, 0.29) is 18.0 Å². The first-order chi connectivity index (χ1) is 10.1. The van der Waals surface area contributed by atoms with Gasteiger partial charge in [0.25, 0.3) is 0 Å². The van der Waals surface area contributed by atoms with Crippen LogP contribution in [0.4, 0.5) is 5.69 Å². The Balaban J connectivity index is 1.92. The molecule has 0 spiro atoms. The normalized spacial score (nSPS) is 9.95. The molecule has 0 heterocycles. The van der Waals surface area contributed by atoms with Gasteiger partial charge in [0.1, 0.15) is 5.75 Å². The molecule has 0 aromatic heterocycles. The Morgan fingerprint density at radius 3 is 2.43 bits per heavy atom. The van der Waals surface area contributed by atoms with Crippen LogP contribution in [0.1, 0.15) is 11.1 Å². The number of hydrogen-bond acceptors (Lipinski definition) is 3. The highest BCUT2D eigenvalue weighted by Gasteiger charge is 2.14. The van der Waals surface area contributed by atoms with Gasteiger partial charge in [-0.1, -0.05) is 36.4 Å². The zero-order valence-electron chi connectivity index (χ0n) is 11.6. The minimum absolute atomic E-state index is 0.0702. The zero-order chi connectivity index (χ0) is 15.2. The topological polar surface area (TPSA) is 78.4 Å². The molecule has 5 nitrogen and oxygen atoms in total. The van der Waals surface area contributed by atoms with Crippen LogP contribution >= 0.6 is 0 Å². The minimum atomic E-state index is -0.815. The van der Waals surface area contributed by atoms with Gasteiger partial charge in [0, 0.05) is 6.54 Å². The summed E-state index contributed by atoms with van der Waals surface area (Å²) in [5.41, 5.74) is 1.97. The lowest BCUT2D eigenvalue weighted by Gasteiger charge is -2.08. The van der Waals surface area contributed by atoms with Crippen molar-refractivity contribution in [3.8, 4) is 5.75 Å². The largest absolute Gasteiger partial charge is 0.506 e. The fourth-order valence-electron chi connectivity index (χ4n) is 1.78. The van der Waals surface area contributed by atoms with Crippen molar-refractivity contribution in [3.63, 3.8) is 0 Å². The Hall–Kier alpha value is -2.82. The van der Waals surface area contributed by atoms with Crippen molar-refractivity contribution in [2.75, 3.05) is 5.32 Å². The summed E-state index contributed by atoms with van der Waals surface area (Å²) >= 11 is 0. The number of nitrogens with one attached hydrogen (secondary N) is 2. The fraction of sp³-hybridized carbons (Fsp3) is 0.125.